The number of carboxylic acids is 1. The Morgan fingerprint density at radius 1 is 1.22 bits per heavy atom. The number of methoxy groups -OCH3 is 1. The summed E-state index contributed by atoms with van der Waals surface area (Å²) in [6.07, 6.45) is 4.17. The van der Waals surface area contributed by atoms with Crippen molar-refractivity contribution in [1.82, 2.24) is 9.97 Å². The molecule has 0 atom stereocenters. The van der Waals surface area contributed by atoms with Crippen molar-refractivity contribution >= 4 is 5.97 Å². The molecule has 2 aromatic rings. The summed E-state index contributed by atoms with van der Waals surface area (Å²) in [5.41, 5.74) is 0.0565. The van der Waals surface area contributed by atoms with Crippen LogP contribution in [0.3, 0.4) is 0 Å². The smallest absolute Gasteiger partial charge is 0.337 e. The quantitative estimate of drug-likeness (QED) is 0.888. The minimum Gasteiger partial charge on any atom is -0.495 e. The molecule has 0 bridgehead atoms. The number of hydrogen-bond donors (Lipinski definition) is 1. The highest BCUT2D eigenvalue weighted by atomic mass is 16.5. The van der Waals surface area contributed by atoms with Gasteiger partial charge in [0, 0.05) is 12.3 Å². The minimum absolute atomic E-state index is 0.0565. The lowest BCUT2D eigenvalue weighted by atomic mass is 10.3. The second kappa shape index (κ2) is 5.13. The maximum atomic E-state index is 10.8. The Labute approximate surface area is 103 Å². The molecule has 0 aliphatic heterocycles. The number of ether oxygens (including phenoxy) is 2. The van der Waals surface area contributed by atoms with E-state index in [9.17, 15) is 4.79 Å². The molecule has 0 amide bonds. The summed E-state index contributed by atoms with van der Waals surface area (Å²) in [5, 5.41) is 8.82. The fourth-order valence-corrected chi connectivity index (χ4v) is 1.26. The summed E-state index contributed by atoms with van der Waals surface area (Å²) >= 11 is 0. The number of hydrogen-bond acceptors (Lipinski definition) is 5. The van der Waals surface area contributed by atoms with Crippen LogP contribution in [0.5, 0.6) is 17.4 Å². The van der Waals surface area contributed by atoms with E-state index in [-0.39, 0.29) is 5.56 Å². The van der Waals surface area contributed by atoms with E-state index in [2.05, 4.69) is 9.97 Å². The molecule has 0 saturated carbocycles. The van der Waals surface area contributed by atoms with Crippen LogP contribution in [0.15, 0.2) is 36.8 Å². The van der Waals surface area contributed by atoms with E-state index in [1.165, 1.54) is 31.8 Å². The van der Waals surface area contributed by atoms with Gasteiger partial charge in [-0.1, -0.05) is 0 Å². The topological polar surface area (TPSA) is 81.5 Å². The highest BCUT2D eigenvalue weighted by Gasteiger charge is 2.06. The van der Waals surface area contributed by atoms with Crippen LogP contribution in [-0.2, 0) is 0 Å². The zero-order chi connectivity index (χ0) is 13.0. The van der Waals surface area contributed by atoms with Gasteiger partial charge in [-0.15, -0.1) is 0 Å². The predicted octanol–water partition coefficient (Wildman–Crippen LogP) is 1.98. The Balaban J connectivity index is 2.17. The van der Waals surface area contributed by atoms with E-state index in [0.29, 0.717) is 17.4 Å². The van der Waals surface area contributed by atoms with Crippen molar-refractivity contribution in [3.63, 3.8) is 0 Å². The molecule has 0 aliphatic carbocycles. The van der Waals surface area contributed by atoms with Crippen LogP contribution in [0.1, 0.15) is 10.4 Å². The van der Waals surface area contributed by atoms with Gasteiger partial charge in [0.05, 0.1) is 25.1 Å². The van der Waals surface area contributed by atoms with Crippen molar-refractivity contribution in [2.75, 3.05) is 7.11 Å². The zero-order valence-corrected chi connectivity index (χ0v) is 9.53. The highest BCUT2D eigenvalue weighted by Crippen LogP contribution is 2.21. The fraction of sp³-hybridized carbons (Fsp3) is 0.0833. The monoisotopic (exact) mass is 246 g/mol. The molecule has 1 N–H and O–H groups in total. The largest absolute Gasteiger partial charge is 0.495 e. The Bertz CT molecular complexity index is 554. The van der Waals surface area contributed by atoms with Crippen LogP contribution in [0, 0.1) is 0 Å². The third-order valence-electron chi connectivity index (χ3n) is 2.13. The lowest BCUT2D eigenvalue weighted by Gasteiger charge is -2.05. The Kier molecular flexibility index (Phi) is 3.38. The summed E-state index contributed by atoms with van der Waals surface area (Å²) in [4.78, 5) is 18.5. The summed E-state index contributed by atoms with van der Waals surface area (Å²) in [6.45, 7) is 0. The first kappa shape index (κ1) is 11.8. The molecule has 2 rings (SSSR count). The van der Waals surface area contributed by atoms with Crippen molar-refractivity contribution < 1.29 is 19.4 Å². The third kappa shape index (κ3) is 2.73. The van der Waals surface area contributed by atoms with Crippen molar-refractivity contribution in [2.45, 2.75) is 0 Å². The van der Waals surface area contributed by atoms with Gasteiger partial charge in [0.15, 0.2) is 0 Å². The van der Waals surface area contributed by atoms with Gasteiger partial charge in [0.1, 0.15) is 11.5 Å². The fourth-order valence-electron chi connectivity index (χ4n) is 1.26. The molecule has 0 fully saturated rings. The molecule has 0 saturated heterocycles. The van der Waals surface area contributed by atoms with E-state index in [1.54, 1.807) is 12.1 Å². The summed E-state index contributed by atoms with van der Waals surface area (Å²) in [7, 11) is 1.54. The molecule has 0 spiro atoms. The van der Waals surface area contributed by atoms with Gasteiger partial charge in [-0.2, -0.15) is 0 Å². The zero-order valence-electron chi connectivity index (χ0n) is 9.53. The van der Waals surface area contributed by atoms with Crippen LogP contribution < -0.4 is 9.47 Å². The standard InChI is InChI=1S/C12H10N2O4/c1-17-9-2-3-11(14-7-9)18-10-4-8(12(15)16)5-13-6-10/h2-7H,1H3,(H,15,16). The van der Waals surface area contributed by atoms with Crippen LogP contribution in [0.4, 0.5) is 0 Å². The van der Waals surface area contributed by atoms with Crippen LogP contribution >= 0.6 is 0 Å². The number of aromatic nitrogens is 2. The predicted molar refractivity (Wildman–Crippen MR) is 62.1 cm³/mol. The van der Waals surface area contributed by atoms with Gasteiger partial charge in [0.25, 0.3) is 0 Å². The number of aromatic carboxylic acids is 1. The maximum Gasteiger partial charge on any atom is 0.337 e. The van der Waals surface area contributed by atoms with Crippen LogP contribution in [0.2, 0.25) is 0 Å². The van der Waals surface area contributed by atoms with Gasteiger partial charge in [-0.05, 0) is 12.1 Å². The van der Waals surface area contributed by atoms with E-state index in [0.717, 1.165) is 0 Å². The summed E-state index contributed by atoms with van der Waals surface area (Å²) < 4.78 is 10.3. The Morgan fingerprint density at radius 2 is 2.06 bits per heavy atom. The Hall–Kier alpha value is -2.63. The van der Waals surface area contributed by atoms with Crippen LogP contribution in [-0.4, -0.2) is 28.2 Å². The van der Waals surface area contributed by atoms with Crippen molar-refractivity contribution in [3.8, 4) is 17.4 Å². The number of carbonyl (C=O) groups is 1. The molecular weight excluding hydrogens is 236 g/mol. The third-order valence-corrected chi connectivity index (χ3v) is 2.13. The minimum atomic E-state index is -1.06. The maximum absolute atomic E-state index is 10.8. The molecule has 92 valence electrons. The highest BCUT2D eigenvalue weighted by molar-refractivity contribution is 5.87. The average Bonchev–Trinajstić information content (AvgIpc) is 2.40. The lowest BCUT2D eigenvalue weighted by Crippen LogP contribution is -1.98. The van der Waals surface area contributed by atoms with Gasteiger partial charge < -0.3 is 14.6 Å². The normalized spacial score (nSPS) is 9.83. The number of nitrogens with zero attached hydrogens (tertiary/aromatic N) is 2. The first-order valence-electron chi connectivity index (χ1n) is 5.05. The summed E-state index contributed by atoms with van der Waals surface area (Å²) in [5.74, 6) is 0.197. The second-order valence-corrected chi connectivity index (χ2v) is 3.35. The first-order chi connectivity index (χ1) is 8.69. The lowest BCUT2D eigenvalue weighted by molar-refractivity contribution is 0.0696. The second-order valence-electron chi connectivity index (χ2n) is 3.35. The number of pyridine rings is 2. The molecule has 2 aromatic heterocycles. The average molecular weight is 246 g/mol. The van der Waals surface area contributed by atoms with Crippen molar-refractivity contribution in [1.29, 1.82) is 0 Å². The van der Waals surface area contributed by atoms with Gasteiger partial charge in [-0.3, -0.25) is 4.98 Å². The SMILES string of the molecule is COc1ccc(Oc2cncc(C(=O)O)c2)nc1. The molecule has 0 aliphatic rings. The molecular formula is C12H10N2O4. The van der Waals surface area contributed by atoms with Crippen molar-refractivity contribution in [3.05, 3.63) is 42.4 Å². The molecule has 18 heavy (non-hydrogen) atoms. The van der Waals surface area contributed by atoms with Gasteiger partial charge in [0.2, 0.25) is 5.88 Å². The Morgan fingerprint density at radius 3 is 2.67 bits per heavy atom. The van der Waals surface area contributed by atoms with E-state index in [4.69, 9.17) is 14.6 Å². The molecule has 0 unspecified atom stereocenters. The number of rotatable bonds is 4. The first-order valence-corrected chi connectivity index (χ1v) is 5.05. The van der Waals surface area contributed by atoms with Crippen molar-refractivity contribution in [2.24, 2.45) is 0 Å². The van der Waals surface area contributed by atoms with Gasteiger partial charge >= 0.3 is 5.97 Å². The van der Waals surface area contributed by atoms with Gasteiger partial charge in [-0.25, -0.2) is 9.78 Å². The number of carboxylic acid groups (broad SMARTS) is 1. The molecule has 6 nitrogen and oxygen atoms in total. The molecule has 2 heterocycles. The molecule has 6 heteroatoms. The van der Waals surface area contributed by atoms with E-state index < -0.39 is 5.97 Å². The van der Waals surface area contributed by atoms with Crippen LogP contribution in [0.25, 0.3) is 0 Å². The van der Waals surface area contributed by atoms with E-state index in [1.807, 2.05) is 0 Å². The van der Waals surface area contributed by atoms with E-state index >= 15 is 0 Å². The summed E-state index contributed by atoms with van der Waals surface area (Å²) in [6, 6.07) is 4.68. The molecule has 0 aromatic carbocycles. The molecule has 0 radical (unpaired) electrons.